The number of ketones is 2. The van der Waals surface area contributed by atoms with Crippen molar-refractivity contribution in [3.05, 3.63) is 75.9 Å². The maximum absolute atomic E-state index is 13.1. The van der Waals surface area contributed by atoms with Crippen molar-refractivity contribution in [2.24, 2.45) is 0 Å². The van der Waals surface area contributed by atoms with Crippen LogP contribution in [0, 0.1) is 18.3 Å². The lowest BCUT2D eigenvalue weighted by Gasteiger charge is -2.37. The molecule has 4 heteroatoms. The van der Waals surface area contributed by atoms with Gasteiger partial charge in [-0.2, -0.15) is 5.26 Å². The number of hydrogen-bond donors (Lipinski definition) is 0. The van der Waals surface area contributed by atoms with Crippen LogP contribution in [0.3, 0.4) is 0 Å². The average molecular weight is 411 g/mol. The third-order valence-electron chi connectivity index (χ3n) is 7.21. The molecule has 2 heterocycles. The minimum Gasteiger partial charge on any atom is -0.366 e. The molecular weight excluding hydrogens is 384 g/mol. The van der Waals surface area contributed by atoms with Crippen LogP contribution in [0.15, 0.2) is 48.0 Å². The predicted molar refractivity (Wildman–Crippen MR) is 120 cm³/mol. The van der Waals surface area contributed by atoms with Crippen molar-refractivity contribution >= 4 is 17.3 Å². The third kappa shape index (κ3) is 3.39. The largest absolute Gasteiger partial charge is 0.366 e. The van der Waals surface area contributed by atoms with Gasteiger partial charge in [-0.05, 0) is 74.3 Å². The topological polar surface area (TPSA) is 61.2 Å². The van der Waals surface area contributed by atoms with Crippen molar-refractivity contribution in [1.82, 2.24) is 0 Å². The summed E-state index contributed by atoms with van der Waals surface area (Å²) in [7, 11) is 0. The molecule has 4 nitrogen and oxygen atoms in total. The van der Waals surface area contributed by atoms with Crippen LogP contribution in [-0.4, -0.2) is 23.7 Å². The van der Waals surface area contributed by atoms with E-state index in [0.29, 0.717) is 35.2 Å². The summed E-state index contributed by atoms with van der Waals surface area (Å²) in [4.78, 5) is 28.6. The fraction of sp³-hybridized carbons (Fsp3) is 0.370. The molecule has 2 aromatic rings. The summed E-state index contributed by atoms with van der Waals surface area (Å²) in [5.41, 5.74) is 5.12. The Balaban J connectivity index is 1.39. The van der Waals surface area contributed by atoms with Gasteiger partial charge in [-0.1, -0.05) is 30.3 Å². The summed E-state index contributed by atoms with van der Waals surface area (Å²) in [6.45, 7) is 1.91. The van der Waals surface area contributed by atoms with Crippen molar-refractivity contribution < 1.29 is 9.59 Å². The zero-order chi connectivity index (χ0) is 21.5. The first kappa shape index (κ1) is 19.8. The van der Waals surface area contributed by atoms with Gasteiger partial charge in [-0.25, -0.2) is 0 Å². The van der Waals surface area contributed by atoms with E-state index >= 15 is 0 Å². The van der Waals surface area contributed by atoms with Gasteiger partial charge in [-0.15, -0.1) is 0 Å². The van der Waals surface area contributed by atoms with Gasteiger partial charge in [0.1, 0.15) is 0 Å². The van der Waals surface area contributed by atoms with Crippen molar-refractivity contribution in [2.75, 3.05) is 4.90 Å². The normalized spacial score (nSPS) is 22.0. The number of carbonyl (C=O) groups excluding carboxylic acids is 2. The van der Waals surface area contributed by atoms with Gasteiger partial charge in [0.2, 0.25) is 0 Å². The lowest BCUT2D eigenvalue weighted by molar-refractivity contribution is -0.114. The summed E-state index contributed by atoms with van der Waals surface area (Å²) < 4.78 is 0. The Morgan fingerprint density at radius 1 is 1.13 bits per heavy atom. The standard InChI is InChI=1S/C27H26N2O2/c1-17-4-2-5-18-9-13-24(27(31)26(17)18)25(30)15-19-8-10-23(14-20(19)16-28)29-21-6-3-7-22(29)12-11-21/h2,4-5,8,10,13-14,21-22H,3,6-7,9,11-12,15H2,1H3. The monoisotopic (exact) mass is 410 g/mol. The molecule has 1 aliphatic carbocycles. The van der Waals surface area contributed by atoms with Crippen LogP contribution in [0.25, 0.3) is 0 Å². The molecule has 0 N–H and O–H groups in total. The predicted octanol–water partition coefficient (Wildman–Crippen LogP) is 4.87. The number of anilines is 1. The summed E-state index contributed by atoms with van der Waals surface area (Å²) in [6.07, 6.45) is 8.59. The van der Waals surface area contributed by atoms with E-state index in [1.807, 2.05) is 37.3 Å². The summed E-state index contributed by atoms with van der Waals surface area (Å²) in [6, 6.07) is 15.1. The summed E-state index contributed by atoms with van der Waals surface area (Å²) >= 11 is 0. The van der Waals surface area contributed by atoms with E-state index in [1.54, 1.807) is 6.08 Å². The number of allylic oxidation sites excluding steroid dienone is 2. The molecule has 2 saturated heterocycles. The highest BCUT2D eigenvalue weighted by Gasteiger charge is 2.36. The van der Waals surface area contributed by atoms with Crippen molar-refractivity contribution in [1.29, 1.82) is 5.26 Å². The number of nitrogens with zero attached hydrogens (tertiary/aromatic N) is 2. The molecule has 2 bridgehead atoms. The second kappa shape index (κ2) is 7.81. The molecule has 0 spiro atoms. The number of piperidine rings is 1. The van der Waals surface area contributed by atoms with E-state index in [0.717, 1.165) is 16.8 Å². The van der Waals surface area contributed by atoms with E-state index in [-0.39, 0.29) is 23.6 Å². The summed E-state index contributed by atoms with van der Waals surface area (Å²) in [5.74, 6) is -0.398. The fourth-order valence-corrected chi connectivity index (χ4v) is 5.69. The quantitative estimate of drug-likeness (QED) is 0.675. The molecule has 0 radical (unpaired) electrons. The van der Waals surface area contributed by atoms with Gasteiger partial charge in [0, 0.05) is 29.8 Å². The molecule has 0 aromatic heterocycles. The molecular formula is C27H26N2O2. The number of benzene rings is 2. The van der Waals surface area contributed by atoms with Gasteiger partial charge in [-0.3, -0.25) is 9.59 Å². The number of carbonyl (C=O) groups is 2. The van der Waals surface area contributed by atoms with Crippen LogP contribution in [-0.2, 0) is 17.6 Å². The van der Waals surface area contributed by atoms with Crippen LogP contribution < -0.4 is 4.90 Å². The number of Topliss-reactive ketones (excluding diaryl/α,β-unsaturated/α-hetero) is 2. The molecule has 0 amide bonds. The first-order valence-electron chi connectivity index (χ1n) is 11.2. The maximum Gasteiger partial charge on any atom is 0.196 e. The van der Waals surface area contributed by atoms with Gasteiger partial charge >= 0.3 is 0 Å². The minimum atomic E-state index is -0.207. The molecule has 0 saturated carbocycles. The fourth-order valence-electron chi connectivity index (χ4n) is 5.69. The minimum absolute atomic E-state index is 0.0782. The van der Waals surface area contributed by atoms with Crippen LogP contribution in [0.2, 0.25) is 0 Å². The van der Waals surface area contributed by atoms with Crippen LogP contribution >= 0.6 is 0 Å². The zero-order valence-electron chi connectivity index (χ0n) is 17.9. The molecule has 2 fully saturated rings. The maximum atomic E-state index is 13.1. The second-order valence-corrected chi connectivity index (χ2v) is 9.04. The van der Waals surface area contributed by atoms with Gasteiger partial charge in [0.15, 0.2) is 11.6 Å². The van der Waals surface area contributed by atoms with Crippen molar-refractivity contribution in [3.63, 3.8) is 0 Å². The van der Waals surface area contributed by atoms with Crippen LogP contribution in [0.1, 0.15) is 64.7 Å². The van der Waals surface area contributed by atoms with E-state index in [4.69, 9.17) is 0 Å². The van der Waals surface area contributed by atoms with Crippen molar-refractivity contribution in [3.8, 4) is 6.07 Å². The molecule has 156 valence electrons. The van der Waals surface area contributed by atoms with E-state index in [9.17, 15) is 14.9 Å². The molecule has 5 rings (SSSR count). The molecule has 3 aliphatic rings. The second-order valence-electron chi connectivity index (χ2n) is 9.04. The Hall–Kier alpha value is -3.19. The molecule has 31 heavy (non-hydrogen) atoms. The van der Waals surface area contributed by atoms with E-state index < -0.39 is 0 Å². The zero-order valence-corrected chi connectivity index (χ0v) is 17.9. The highest BCUT2D eigenvalue weighted by molar-refractivity contribution is 6.28. The number of fused-ring (bicyclic) bond motifs is 3. The highest BCUT2D eigenvalue weighted by Crippen LogP contribution is 2.39. The van der Waals surface area contributed by atoms with Crippen molar-refractivity contribution in [2.45, 2.75) is 64.0 Å². The number of nitriles is 1. The summed E-state index contributed by atoms with van der Waals surface area (Å²) in [5, 5.41) is 9.77. The first-order valence-corrected chi connectivity index (χ1v) is 11.2. The van der Waals surface area contributed by atoms with Gasteiger partial charge < -0.3 is 4.90 Å². The average Bonchev–Trinajstić information content (AvgIpc) is 3.02. The van der Waals surface area contributed by atoms with Crippen LogP contribution in [0.5, 0.6) is 0 Å². The molecule has 2 aromatic carbocycles. The first-order chi connectivity index (χ1) is 15.1. The number of hydrogen-bond acceptors (Lipinski definition) is 4. The molecule has 2 unspecified atom stereocenters. The van der Waals surface area contributed by atoms with Gasteiger partial charge in [0.25, 0.3) is 0 Å². The number of rotatable bonds is 4. The lowest BCUT2D eigenvalue weighted by atomic mass is 9.84. The molecule has 2 aliphatic heterocycles. The SMILES string of the molecule is Cc1cccc2c1C(=O)C(C(=O)Cc1ccc(N3C4CCCC3CC4)cc1C#N)=CC2. The van der Waals surface area contributed by atoms with Crippen LogP contribution in [0.4, 0.5) is 5.69 Å². The van der Waals surface area contributed by atoms with E-state index in [1.165, 1.54) is 32.1 Å². The Kier molecular flexibility index (Phi) is 4.98. The Morgan fingerprint density at radius 2 is 1.90 bits per heavy atom. The highest BCUT2D eigenvalue weighted by atomic mass is 16.1. The number of aryl methyl sites for hydroxylation is 1. The Morgan fingerprint density at radius 3 is 2.65 bits per heavy atom. The van der Waals surface area contributed by atoms with E-state index in [2.05, 4.69) is 17.0 Å². The smallest absolute Gasteiger partial charge is 0.196 e. The Bertz CT molecular complexity index is 1140. The lowest BCUT2D eigenvalue weighted by Crippen LogP contribution is -2.39. The Labute approximate surface area is 183 Å². The molecule has 2 atom stereocenters. The van der Waals surface area contributed by atoms with Gasteiger partial charge in [0.05, 0.1) is 17.2 Å². The third-order valence-corrected chi connectivity index (χ3v) is 7.21.